The number of aliphatic hydroxyl groups is 3. The minimum absolute atomic E-state index is 0.186. The fourth-order valence-electron chi connectivity index (χ4n) is 7.82. The van der Waals surface area contributed by atoms with E-state index < -0.39 is 5.60 Å². The van der Waals surface area contributed by atoms with Gasteiger partial charge in [-0.2, -0.15) is 0 Å². The Bertz CT molecular complexity index is 746. The Morgan fingerprint density at radius 3 is 2.35 bits per heavy atom. The maximum Gasteiger partial charge on any atom is 0.0658 e. The molecule has 0 saturated heterocycles. The van der Waals surface area contributed by atoms with Crippen molar-refractivity contribution in [2.45, 2.75) is 135 Å². The summed E-state index contributed by atoms with van der Waals surface area (Å²) in [6, 6.07) is 0. The molecule has 3 N–H and O–H groups in total. The first-order valence-corrected chi connectivity index (χ1v) is 14.3. The summed E-state index contributed by atoms with van der Waals surface area (Å²) in [6.45, 7) is 9.63. The Labute approximate surface area is 207 Å². The molecule has 4 heteroatoms. The molecule has 0 aliphatic heterocycles. The minimum atomic E-state index is -0.529. The zero-order valence-corrected chi connectivity index (χ0v) is 22.2. The molecule has 4 fully saturated rings. The van der Waals surface area contributed by atoms with E-state index >= 15 is 0 Å². The van der Waals surface area contributed by atoms with Crippen molar-refractivity contribution >= 4 is 0 Å². The Morgan fingerprint density at radius 1 is 1.06 bits per heavy atom. The molecule has 1 spiro atoms. The lowest BCUT2D eigenvalue weighted by Gasteiger charge is -2.44. The van der Waals surface area contributed by atoms with Crippen molar-refractivity contribution in [3.63, 3.8) is 0 Å². The van der Waals surface area contributed by atoms with Gasteiger partial charge in [0, 0.05) is 12.0 Å². The smallest absolute Gasteiger partial charge is 0.0658 e. The molecule has 0 aromatic rings. The van der Waals surface area contributed by atoms with Gasteiger partial charge in [-0.15, -0.1) is 0 Å². The highest BCUT2D eigenvalue weighted by Gasteiger charge is 2.56. The van der Waals surface area contributed by atoms with Crippen molar-refractivity contribution < 1.29 is 20.1 Å². The highest BCUT2D eigenvalue weighted by molar-refractivity contribution is 5.28. The molecule has 0 aromatic heterocycles. The molecule has 0 heterocycles. The molecule has 6 atom stereocenters. The number of allylic oxidation sites excluding steroid dienone is 3. The zero-order valence-electron chi connectivity index (χ0n) is 22.2. The number of ether oxygens (including phenoxy) is 1. The van der Waals surface area contributed by atoms with E-state index in [9.17, 15) is 15.3 Å². The van der Waals surface area contributed by atoms with Crippen molar-refractivity contribution in [3.8, 4) is 0 Å². The second-order valence-electron chi connectivity index (χ2n) is 12.4. The summed E-state index contributed by atoms with van der Waals surface area (Å²) >= 11 is 0. The molecule has 0 aromatic carbocycles. The van der Waals surface area contributed by atoms with Crippen LogP contribution in [0.15, 0.2) is 23.3 Å². The van der Waals surface area contributed by atoms with Gasteiger partial charge in [-0.25, -0.2) is 0 Å². The Hall–Kier alpha value is -0.680. The SMILES string of the molecule is CCC(O)(CC)CCCOC(C)C1CCC2C(=CC=C3CC(O)C4(CC4)C(O)C3)CCCC21C. The van der Waals surface area contributed by atoms with E-state index in [1.807, 2.05) is 0 Å². The van der Waals surface area contributed by atoms with Crippen molar-refractivity contribution in [1.29, 1.82) is 0 Å². The second kappa shape index (κ2) is 10.4. The molecular formula is C30H50O4. The summed E-state index contributed by atoms with van der Waals surface area (Å²) in [6.07, 6.45) is 17.0. The van der Waals surface area contributed by atoms with Crippen molar-refractivity contribution in [3.05, 3.63) is 23.3 Å². The monoisotopic (exact) mass is 474 g/mol. The third-order valence-corrected chi connectivity index (χ3v) is 10.7. The summed E-state index contributed by atoms with van der Waals surface area (Å²) in [5.41, 5.74) is 2.36. The molecular weight excluding hydrogens is 424 g/mol. The van der Waals surface area contributed by atoms with Crippen molar-refractivity contribution in [1.82, 2.24) is 0 Å². The van der Waals surface area contributed by atoms with Crippen LogP contribution in [0.4, 0.5) is 0 Å². The molecule has 0 radical (unpaired) electrons. The van der Waals surface area contributed by atoms with Gasteiger partial charge >= 0.3 is 0 Å². The summed E-state index contributed by atoms with van der Waals surface area (Å²) in [5.74, 6) is 1.20. The van der Waals surface area contributed by atoms with Crippen LogP contribution in [-0.4, -0.2) is 45.8 Å². The molecule has 0 amide bonds. The van der Waals surface area contributed by atoms with Crippen LogP contribution >= 0.6 is 0 Å². The van der Waals surface area contributed by atoms with E-state index in [4.69, 9.17) is 4.74 Å². The Kier molecular flexibility index (Phi) is 8.04. The summed E-state index contributed by atoms with van der Waals surface area (Å²) in [7, 11) is 0. The van der Waals surface area contributed by atoms with Crippen molar-refractivity contribution in [2.24, 2.45) is 22.7 Å². The Balaban J connectivity index is 1.35. The number of aliphatic hydroxyl groups excluding tert-OH is 2. The fourth-order valence-corrected chi connectivity index (χ4v) is 7.82. The molecule has 4 nitrogen and oxygen atoms in total. The third kappa shape index (κ3) is 5.08. The molecule has 194 valence electrons. The van der Waals surface area contributed by atoms with E-state index in [1.165, 1.54) is 37.7 Å². The van der Waals surface area contributed by atoms with E-state index in [0.29, 0.717) is 17.3 Å². The van der Waals surface area contributed by atoms with Crippen LogP contribution in [0.25, 0.3) is 0 Å². The molecule has 4 rings (SSSR count). The number of rotatable bonds is 9. The van der Waals surface area contributed by atoms with Gasteiger partial charge in [-0.3, -0.25) is 0 Å². The van der Waals surface area contributed by atoms with Crippen LogP contribution in [0.2, 0.25) is 0 Å². The van der Waals surface area contributed by atoms with E-state index in [0.717, 1.165) is 58.0 Å². The van der Waals surface area contributed by atoms with Crippen LogP contribution in [0.3, 0.4) is 0 Å². The summed E-state index contributed by atoms with van der Waals surface area (Å²) in [5, 5.41) is 31.7. The van der Waals surface area contributed by atoms with Gasteiger partial charge < -0.3 is 20.1 Å². The van der Waals surface area contributed by atoms with Gasteiger partial charge in [0.25, 0.3) is 0 Å². The van der Waals surface area contributed by atoms with E-state index in [1.54, 1.807) is 5.57 Å². The quantitative estimate of drug-likeness (QED) is 0.354. The number of hydrogen-bond acceptors (Lipinski definition) is 4. The topological polar surface area (TPSA) is 69.9 Å². The van der Waals surface area contributed by atoms with E-state index in [-0.39, 0.29) is 23.7 Å². The second-order valence-corrected chi connectivity index (χ2v) is 12.4. The predicted octanol–water partition coefficient (Wildman–Crippen LogP) is 6.09. The van der Waals surface area contributed by atoms with Gasteiger partial charge in [0.15, 0.2) is 0 Å². The van der Waals surface area contributed by atoms with Gasteiger partial charge in [-0.05, 0) is 108 Å². The molecule has 4 saturated carbocycles. The van der Waals surface area contributed by atoms with Crippen LogP contribution in [0, 0.1) is 22.7 Å². The highest BCUT2D eigenvalue weighted by Crippen LogP contribution is 2.59. The highest BCUT2D eigenvalue weighted by atomic mass is 16.5. The van der Waals surface area contributed by atoms with Crippen LogP contribution in [0.5, 0.6) is 0 Å². The first-order valence-electron chi connectivity index (χ1n) is 14.3. The number of fused-ring (bicyclic) bond motifs is 1. The third-order valence-electron chi connectivity index (χ3n) is 10.7. The van der Waals surface area contributed by atoms with E-state index in [2.05, 4.69) is 39.8 Å². The number of hydrogen-bond donors (Lipinski definition) is 3. The predicted molar refractivity (Wildman–Crippen MR) is 137 cm³/mol. The van der Waals surface area contributed by atoms with Crippen molar-refractivity contribution in [2.75, 3.05) is 6.61 Å². The molecule has 6 unspecified atom stereocenters. The van der Waals surface area contributed by atoms with Crippen LogP contribution in [-0.2, 0) is 4.74 Å². The maximum absolute atomic E-state index is 10.6. The molecule has 0 bridgehead atoms. The first kappa shape index (κ1) is 26.4. The van der Waals surface area contributed by atoms with Crippen LogP contribution in [0.1, 0.15) is 111 Å². The van der Waals surface area contributed by atoms with Gasteiger partial charge in [0.2, 0.25) is 0 Å². The standard InChI is InChI=1S/C30H50O4/c1-5-29(33,6-2)15-8-18-34-21(3)24-12-13-25-23(9-7-14-28(24,25)4)11-10-22-19-26(31)30(16-17-30)27(32)20-22/h10-11,21,24-27,31-33H,5-9,12-20H2,1-4H3. The normalized spacial score (nSPS) is 37.1. The average Bonchev–Trinajstić information content (AvgIpc) is 3.55. The minimum Gasteiger partial charge on any atom is -0.392 e. The lowest BCUT2D eigenvalue weighted by atomic mass is 9.62. The first-order chi connectivity index (χ1) is 16.2. The van der Waals surface area contributed by atoms with Gasteiger partial charge in [0.1, 0.15) is 0 Å². The average molecular weight is 475 g/mol. The Morgan fingerprint density at radius 2 is 1.74 bits per heavy atom. The molecule has 34 heavy (non-hydrogen) atoms. The lowest BCUT2D eigenvalue weighted by molar-refractivity contribution is -0.0366. The molecule has 4 aliphatic carbocycles. The zero-order chi connectivity index (χ0) is 24.6. The fraction of sp³-hybridized carbons (Fsp3) is 0.867. The lowest BCUT2D eigenvalue weighted by Crippen LogP contribution is -2.39. The van der Waals surface area contributed by atoms with Gasteiger partial charge in [-0.1, -0.05) is 44.1 Å². The maximum atomic E-state index is 10.6. The largest absolute Gasteiger partial charge is 0.392 e. The molecule has 4 aliphatic rings. The van der Waals surface area contributed by atoms with Crippen LogP contribution < -0.4 is 0 Å². The van der Waals surface area contributed by atoms with Gasteiger partial charge in [0.05, 0.1) is 23.9 Å². The summed E-state index contributed by atoms with van der Waals surface area (Å²) in [4.78, 5) is 0. The summed E-state index contributed by atoms with van der Waals surface area (Å²) < 4.78 is 6.37.